The number of rotatable bonds is 18. The summed E-state index contributed by atoms with van der Waals surface area (Å²) in [4.78, 5) is 0. The quantitative estimate of drug-likeness (QED) is 0.221. The van der Waals surface area contributed by atoms with Gasteiger partial charge in [-0.1, -0.05) is 130 Å². The van der Waals surface area contributed by atoms with Crippen LogP contribution in [-0.2, 0) is 0 Å². The Balaban J connectivity index is 4.09. The van der Waals surface area contributed by atoms with Crippen molar-refractivity contribution in [2.45, 2.75) is 130 Å². The molecule has 0 saturated heterocycles. The van der Waals surface area contributed by atoms with Crippen molar-refractivity contribution in [1.82, 2.24) is 0 Å². The largest absolute Gasteiger partial charge is 0.0654 e. The van der Waals surface area contributed by atoms with E-state index in [1.807, 2.05) is 0 Å². The minimum atomic E-state index is 0.897. The molecule has 139 valence electrons. The first-order valence-corrected chi connectivity index (χ1v) is 11.1. The maximum Gasteiger partial charge on any atom is -0.0324 e. The summed E-state index contributed by atoms with van der Waals surface area (Å²) in [6.07, 6.45) is 25.5. The molecule has 2 unspecified atom stereocenters. The first-order valence-electron chi connectivity index (χ1n) is 11.1. The maximum absolute atomic E-state index is 2.79. The van der Waals surface area contributed by atoms with Gasteiger partial charge in [0, 0.05) is 0 Å². The molecule has 0 saturated carbocycles. The second-order valence-electron chi connectivity index (χ2n) is 7.70. The van der Waals surface area contributed by atoms with Crippen molar-refractivity contribution in [3.05, 3.63) is 6.42 Å². The molecular weight excluding hydrogens is 276 g/mol. The first-order chi connectivity index (χ1) is 11.3. The number of unbranched alkanes of at least 4 members (excludes halogenated alkanes) is 8. The van der Waals surface area contributed by atoms with Crippen molar-refractivity contribution in [3.8, 4) is 0 Å². The van der Waals surface area contributed by atoms with Crippen LogP contribution in [-0.4, -0.2) is 0 Å². The topological polar surface area (TPSA) is 0 Å². The monoisotopic (exact) mass is 323 g/mol. The van der Waals surface area contributed by atoms with Crippen LogP contribution in [0.5, 0.6) is 0 Å². The lowest BCUT2D eigenvalue weighted by atomic mass is 9.82. The minimum Gasteiger partial charge on any atom is -0.0654 e. The minimum absolute atomic E-state index is 0.897. The van der Waals surface area contributed by atoms with Gasteiger partial charge < -0.3 is 0 Å². The Kier molecular flexibility index (Phi) is 18.3. The summed E-state index contributed by atoms with van der Waals surface area (Å²) in [5.74, 6) is 1.80. The van der Waals surface area contributed by atoms with Crippen molar-refractivity contribution in [1.29, 1.82) is 0 Å². The lowest BCUT2D eigenvalue weighted by molar-refractivity contribution is 0.375. The summed E-state index contributed by atoms with van der Waals surface area (Å²) in [6.45, 7) is 9.32. The van der Waals surface area contributed by atoms with E-state index in [9.17, 15) is 0 Å². The van der Waals surface area contributed by atoms with E-state index < -0.39 is 0 Å². The van der Waals surface area contributed by atoms with Crippen LogP contribution in [0.2, 0.25) is 0 Å². The standard InChI is InChI=1S/C23H47/c1-5-9-12-13-14-16-20-23(18-11-7-3)21-22(17-8-4)19-15-10-6-2/h21-23H,5-20H2,1-4H3. The van der Waals surface area contributed by atoms with Crippen molar-refractivity contribution in [2.75, 3.05) is 0 Å². The summed E-state index contributed by atoms with van der Waals surface area (Å²) in [5, 5.41) is 0. The summed E-state index contributed by atoms with van der Waals surface area (Å²) in [6, 6.07) is 0. The molecule has 0 aliphatic rings. The zero-order valence-corrected chi connectivity index (χ0v) is 17.0. The van der Waals surface area contributed by atoms with E-state index >= 15 is 0 Å². The van der Waals surface area contributed by atoms with Crippen molar-refractivity contribution >= 4 is 0 Å². The van der Waals surface area contributed by atoms with Crippen LogP contribution >= 0.6 is 0 Å². The van der Waals surface area contributed by atoms with Crippen LogP contribution in [0.15, 0.2) is 0 Å². The van der Waals surface area contributed by atoms with E-state index in [4.69, 9.17) is 0 Å². The summed E-state index contributed by atoms with van der Waals surface area (Å²) < 4.78 is 0. The zero-order valence-electron chi connectivity index (χ0n) is 17.0. The molecule has 0 fully saturated rings. The molecule has 0 amide bonds. The van der Waals surface area contributed by atoms with Gasteiger partial charge in [0.2, 0.25) is 0 Å². The van der Waals surface area contributed by atoms with Gasteiger partial charge in [-0.05, 0) is 18.3 Å². The molecule has 0 aliphatic heterocycles. The molecule has 0 heterocycles. The molecule has 0 aromatic rings. The Morgan fingerprint density at radius 3 is 1.48 bits per heavy atom. The molecule has 0 bridgehead atoms. The van der Waals surface area contributed by atoms with Crippen molar-refractivity contribution < 1.29 is 0 Å². The van der Waals surface area contributed by atoms with Crippen LogP contribution in [0.1, 0.15) is 130 Å². The van der Waals surface area contributed by atoms with Gasteiger partial charge in [0.15, 0.2) is 0 Å². The summed E-state index contributed by atoms with van der Waals surface area (Å²) in [7, 11) is 0. The Bertz CT molecular complexity index is 208. The summed E-state index contributed by atoms with van der Waals surface area (Å²) >= 11 is 0. The molecule has 0 N–H and O–H groups in total. The fourth-order valence-corrected chi connectivity index (χ4v) is 3.74. The molecule has 0 nitrogen and oxygen atoms in total. The smallest absolute Gasteiger partial charge is 0.0324 e. The molecule has 0 rings (SSSR count). The van der Waals surface area contributed by atoms with Crippen LogP contribution in [0.25, 0.3) is 0 Å². The zero-order chi connectivity index (χ0) is 17.2. The number of hydrogen-bond acceptors (Lipinski definition) is 0. The molecule has 23 heavy (non-hydrogen) atoms. The third-order valence-corrected chi connectivity index (χ3v) is 5.24. The average Bonchev–Trinajstić information content (AvgIpc) is 2.55. The van der Waals surface area contributed by atoms with Crippen LogP contribution in [0, 0.1) is 18.3 Å². The molecule has 0 heteroatoms. The van der Waals surface area contributed by atoms with E-state index in [0.29, 0.717) is 0 Å². The highest BCUT2D eigenvalue weighted by atomic mass is 14.2. The lowest BCUT2D eigenvalue weighted by Crippen LogP contribution is -2.11. The Hall–Kier alpha value is 0. The first kappa shape index (κ1) is 23.0. The molecule has 0 spiro atoms. The van der Waals surface area contributed by atoms with Crippen LogP contribution in [0.4, 0.5) is 0 Å². The highest BCUT2D eigenvalue weighted by Crippen LogP contribution is 2.29. The molecule has 1 radical (unpaired) electrons. The second kappa shape index (κ2) is 18.3. The van der Waals surface area contributed by atoms with E-state index in [0.717, 1.165) is 11.8 Å². The van der Waals surface area contributed by atoms with Crippen molar-refractivity contribution in [3.63, 3.8) is 0 Å². The van der Waals surface area contributed by atoms with Gasteiger partial charge in [-0.3, -0.25) is 0 Å². The van der Waals surface area contributed by atoms with E-state index in [1.165, 1.54) is 103 Å². The van der Waals surface area contributed by atoms with Gasteiger partial charge in [0.05, 0.1) is 0 Å². The highest BCUT2D eigenvalue weighted by molar-refractivity contribution is 4.84. The van der Waals surface area contributed by atoms with E-state index in [2.05, 4.69) is 34.1 Å². The SMILES string of the molecule is CCCCCCCCC([CH]C(CCC)CCCCC)CCCC. The molecular formula is C23H47. The second-order valence-corrected chi connectivity index (χ2v) is 7.70. The molecule has 0 aliphatic carbocycles. The average molecular weight is 324 g/mol. The fraction of sp³-hybridized carbons (Fsp3) is 0.957. The lowest BCUT2D eigenvalue weighted by Gasteiger charge is -2.23. The predicted molar refractivity (Wildman–Crippen MR) is 108 cm³/mol. The molecule has 0 aromatic carbocycles. The normalized spacial score (nSPS) is 14.1. The van der Waals surface area contributed by atoms with Gasteiger partial charge in [0.1, 0.15) is 0 Å². The van der Waals surface area contributed by atoms with E-state index in [1.54, 1.807) is 0 Å². The van der Waals surface area contributed by atoms with Gasteiger partial charge in [-0.2, -0.15) is 0 Å². The number of hydrogen-bond donors (Lipinski definition) is 0. The highest BCUT2D eigenvalue weighted by Gasteiger charge is 2.16. The van der Waals surface area contributed by atoms with Crippen LogP contribution < -0.4 is 0 Å². The van der Waals surface area contributed by atoms with Gasteiger partial charge in [0.25, 0.3) is 0 Å². The van der Waals surface area contributed by atoms with Gasteiger partial charge in [-0.25, -0.2) is 0 Å². The van der Waals surface area contributed by atoms with Crippen molar-refractivity contribution in [2.24, 2.45) is 11.8 Å². The van der Waals surface area contributed by atoms with E-state index in [-0.39, 0.29) is 0 Å². The fourth-order valence-electron chi connectivity index (χ4n) is 3.74. The Labute approximate surface area is 149 Å². The predicted octanol–water partition coefficient (Wildman–Crippen LogP) is 8.74. The maximum atomic E-state index is 2.79. The summed E-state index contributed by atoms with van der Waals surface area (Å²) in [5.41, 5.74) is 0. The third-order valence-electron chi connectivity index (χ3n) is 5.24. The van der Waals surface area contributed by atoms with Crippen LogP contribution in [0.3, 0.4) is 0 Å². The Morgan fingerprint density at radius 2 is 0.870 bits per heavy atom. The Morgan fingerprint density at radius 1 is 0.435 bits per heavy atom. The third kappa shape index (κ3) is 15.3. The molecule has 0 aromatic heterocycles. The van der Waals surface area contributed by atoms with Gasteiger partial charge in [-0.15, -0.1) is 0 Å². The van der Waals surface area contributed by atoms with Gasteiger partial charge >= 0.3 is 0 Å². The molecule has 2 atom stereocenters.